The molecule has 0 amide bonds. The first-order chi connectivity index (χ1) is 10.9. The van der Waals surface area contributed by atoms with Gasteiger partial charge in [0, 0.05) is 44.1 Å². The standard InChI is InChI=1S/C20H22N2/c1-3-7-18-15(5-1)17-13-20(18,14-22-11-9-21-10-12-22)19-8-4-2-6-16(17)19/h1-8,17,21H,9-14H2. The third-order valence-corrected chi connectivity index (χ3v) is 5.96. The lowest BCUT2D eigenvalue weighted by Crippen LogP contribution is -2.49. The molecule has 2 aromatic rings. The minimum atomic E-state index is 0.231. The van der Waals surface area contributed by atoms with Gasteiger partial charge in [0.25, 0.3) is 0 Å². The Kier molecular flexibility index (Phi) is 2.73. The van der Waals surface area contributed by atoms with Crippen molar-refractivity contribution >= 4 is 0 Å². The highest BCUT2D eigenvalue weighted by Gasteiger charge is 2.52. The van der Waals surface area contributed by atoms with Crippen molar-refractivity contribution in [3.05, 3.63) is 70.8 Å². The zero-order chi connectivity index (χ0) is 14.6. The topological polar surface area (TPSA) is 15.3 Å². The molecule has 0 spiro atoms. The number of hydrogen-bond donors (Lipinski definition) is 1. The first-order valence-corrected chi connectivity index (χ1v) is 8.50. The highest BCUT2D eigenvalue weighted by atomic mass is 15.2. The van der Waals surface area contributed by atoms with E-state index in [1.54, 1.807) is 22.3 Å². The lowest BCUT2D eigenvalue weighted by molar-refractivity contribution is 0.203. The number of fused-ring (bicyclic) bond motifs is 8. The van der Waals surface area contributed by atoms with Crippen LogP contribution in [0.4, 0.5) is 0 Å². The van der Waals surface area contributed by atoms with E-state index in [-0.39, 0.29) is 5.41 Å². The first-order valence-electron chi connectivity index (χ1n) is 8.50. The van der Waals surface area contributed by atoms with E-state index < -0.39 is 0 Å². The molecule has 112 valence electrons. The van der Waals surface area contributed by atoms with Crippen molar-refractivity contribution in [2.75, 3.05) is 32.7 Å². The second-order valence-corrected chi connectivity index (χ2v) is 7.04. The minimum absolute atomic E-state index is 0.231. The summed E-state index contributed by atoms with van der Waals surface area (Å²) < 4.78 is 0. The molecule has 0 radical (unpaired) electrons. The summed E-state index contributed by atoms with van der Waals surface area (Å²) in [5, 5.41) is 3.48. The van der Waals surface area contributed by atoms with Gasteiger partial charge < -0.3 is 5.32 Å². The third-order valence-electron chi connectivity index (χ3n) is 5.96. The largest absolute Gasteiger partial charge is 0.314 e. The predicted molar refractivity (Wildman–Crippen MR) is 89.4 cm³/mol. The quantitative estimate of drug-likeness (QED) is 0.915. The van der Waals surface area contributed by atoms with Crippen LogP contribution in [0.1, 0.15) is 34.6 Å². The minimum Gasteiger partial charge on any atom is -0.314 e. The predicted octanol–water partition coefficient (Wildman–Crippen LogP) is 2.73. The fourth-order valence-electron chi connectivity index (χ4n) is 5.06. The highest BCUT2D eigenvalue weighted by molar-refractivity contribution is 5.62. The average molecular weight is 290 g/mol. The molecule has 2 nitrogen and oxygen atoms in total. The Morgan fingerprint density at radius 3 is 2.14 bits per heavy atom. The smallest absolute Gasteiger partial charge is 0.0344 e. The Balaban J connectivity index is 1.64. The number of rotatable bonds is 2. The van der Waals surface area contributed by atoms with Crippen LogP contribution in [0.3, 0.4) is 0 Å². The molecule has 2 heteroatoms. The SMILES string of the molecule is c1ccc2c(c1)C1CC2(CN2CCNCC2)c2ccccc21. The molecule has 22 heavy (non-hydrogen) atoms. The second-order valence-electron chi connectivity index (χ2n) is 7.04. The molecule has 2 aromatic carbocycles. The van der Waals surface area contributed by atoms with Crippen molar-refractivity contribution in [1.82, 2.24) is 10.2 Å². The molecule has 0 atom stereocenters. The van der Waals surface area contributed by atoms with Crippen molar-refractivity contribution < 1.29 is 0 Å². The van der Waals surface area contributed by atoms with E-state index in [0.29, 0.717) is 5.92 Å². The van der Waals surface area contributed by atoms with Gasteiger partial charge in [-0.05, 0) is 28.7 Å². The molecule has 1 fully saturated rings. The number of benzene rings is 2. The van der Waals surface area contributed by atoms with Crippen LogP contribution in [0.15, 0.2) is 48.5 Å². The summed E-state index contributed by atoms with van der Waals surface area (Å²) in [6.07, 6.45) is 1.27. The number of nitrogens with zero attached hydrogens (tertiary/aromatic N) is 1. The molecular formula is C20H22N2. The van der Waals surface area contributed by atoms with Gasteiger partial charge in [-0.25, -0.2) is 0 Å². The summed E-state index contributed by atoms with van der Waals surface area (Å²) in [4.78, 5) is 2.66. The van der Waals surface area contributed by atoms with Gasteiger partial charge in [0.2, 0.25) is 0 Å². The average Bonchev–Trinajstić information content (AvgIpc) is 3.08. The summed E-state index contributed by atoms with van der Waals surface area (Å²) in [5.74, 6) is 0.621. The summed E-state index contributed by atoms with van der Waals surface area (Å²) in [7, 11) is 0. The summed E-state index contributed by atoms with van der Waals surface area (Å²) in [6.45, 7) is 5.79. The Morgan fingerprint density at radius 1 is 0.909 bits per heavy atom. The van der Waals surface area contributed by atoms with E-state index in [1.807, 2.05) is 0 Å². The maximum Gasteiger partial charge on any atom is 0.0344 e. The van der Waals surface area contributed by atoms with E-state index >= 15 is 0 Å². The molecule has 2 aliphatic carbocycles. The van der Waals surface area contributed by atoms with Crippen LogP contribution in [-0.2, 0) is 5.41 Å². The van der Waals surface area contributed by atoms with Crippen molar-refractivity contribution in [3.63, 3.8) is 0 Å². The van der Waals surface area contributed by atoms with Crippen LogP contribution >= 0.6 is 0 Å². The van der Waals surface area contributed by atoms with E-state index in [2.05, 4.69) is 58.7 Å². The molecule has 1 saturated heterocycles. The van der Waals surface area contributed by atoms with Gasteiger partial charge >= 0.3 is 0 Å². The maximum absolute atomic E-state index is 3.48. The van der Waals surface area contributed by atoms with Gasteiger partial charge in [-0.3, -0.25) is 4.90 Å². The van der Waals surface area contributed by atoms with Gasteiger partial charge in [-0.15, -0.1) is 0 Å². The Morgan fingerprint density at radius 2 is 1.50 bits per heavy atom. The van der Waals surface area contributed by atoms with Gasteiger partial charge in [-0.1, -0.05) is 48.5 Å². The van der Waals surface area contributed by atoms with Crippen molar-refractivity contribution in [2.24, 2.45) is 0 Å². The van der Waals surface area contributed by atoms with Crippen molar-refractivity contribution in [2.45, 2.75) is 17.8 Å². The zero-order valence-electron chi connectivity index (χ0n) is 12.9. The molecule has 0 saturated carbocycles. The monoisotopic (exact) mass is 290 g/mol. The van der Waals surface area contributed by atoms with Crippen molar-refractivity contribution in [3.8, 4) is 0 Å². The summed E-state index contributed by atoms with van der Waals surface area (Å²) in [5.41, 5.74) is 6.58. The second kappa shape index (κ2) is 4.68. The third kappa shape index (κ3) is 1.62. The fourth-order valence-corrected chi connectivity index (χ4v) is 5.06. The number of nitrogens with one attached hydrogen (secondary N) is 1. The fraction of sp³-hybridized carbons (Fsp3) is 0.400. The Hall–Kier alpha value is -1.64. The van der Waals surface area contributed by atoms with E-state index in [4.69, 9.17) is 0 Å². The van der Waals surface area contributed by atoms with Crippen LogP contribution in [-0.4, -0.2) is 37.6 Å². The van der Waals surface area contributed by atoms with Gasteiger partial charge in [-0.2, -0.15) is 0 Å². The molecule has 1 N–H and O–H groups in total. The van der Waals surface area contributed by atoms with E-state index in [9.17, 15) is 0 Å². The van der Waals surface area contributed by atoms with Crippen LogP contribution < -0.4 is 5.32 Å². The molecule has 1 heterocycles. The molecule has 0 aromatic heterocycles. The molecule has 5 rings (SSSR count). The maximum atomic E-state index is 3.48. The normalized spacial score (nSPS) is 29.4. The molecule has 3 aliphatic rings. The highest BCUT2D eigenvalue weighted by Crippen LogP contribution is 2.60. The first kappa shape index (κ1) is 12.9. The zero-order valence-corrected chi connectivity index (χ0v) is 12.9. The lowest BCUT2D eigenvalue weighted by Gasteiger charge is -2.38. The van der Waals surface area contributed by atoms with Gasteiger partial charge in [0.05, 0.1) is 0 Å². The van der Waals surface area contributed by atoms with E-state index in [1.165, 1.54) is 26.1 Å². The van der Waals surface area contributed by atoms with Gasteiger partial charge in [0.15, 0.2) is 0 Å². The number of piperazine rings is 1. The number of hydrogen-bond acceptors (Lipinski definition) is 2. The Bertz CT molecular complexity index is 668. The molecular weight excluding hydrogens is 268 g/mol. The van der Waals surface area contributed by atoms with Crippen LogP contribution in [0.25, 0.3) is 0 Å². The lowest BCUT2D eigenvalue weighted by atomic mass is 9.74. The molecule has 2 bridgehead atoms. The summed E-state index contributed by atoms with van der Waals surface area (Å²) >= 11 is 0. The molecule has 0 unspecified atom stereocenters. The van der Waals surface area contributed by atoms with Crippen LogP contribution in [0.5, 0.6) is 0 Å². The van der Waals surface area contributed by atoms with Crippen molar-refractivity contribution in [1.29, 1.82) is 0 Å². The van der Waals surface area contributed by atoms with Gasteiger partial charge in [0.1, 0.15) is 0 Å². The Labute approximate surface area is 132 Å². The molecule has 1 aliphatic heterocycles. The van der Waals surface area contributed by atoms with Crippen LogP contribution in [0.2, 0.25) is 0 Å². The van der Waals surface area contributed by atoms with E-state index in [0.717, 1.165) is 13.1 Å². The summed E-state index contributed by atoms with van der Waals surface area (Å²) in [6, 6.07) is 18.3. The van der Waals surface area contributed by atoms with Crippen LogP contribution in [0, 0.1) is 0 Å².